The second-order valence-electron chi connectivity index (χ2n) is 6.91. The molecule has 0 unspecified atom stereocenters. The van der Waals surface area contributed by atoms with Crippen LogP contribution < -0.4 is 4.74 Å². The summed E-state index contributed by atoms with van der Waals surface area (Å²) in [6, 6.07) is 15.9. The molecule has 0 heterocycles. The highest BCUT2D eigenvalue weighted by Gasteiger charge is 2.30. The Morgan fingerprint density at radius 3 is 2.39 bits per heavy atom. The zero-order valence-corrected chi connectivity index (χ0v) is 15.0. The van der Waals surface area contributed by atoms with Crippen LogP contribution in [-0.2, 0) is 6.61 Å². The van der Waals surface area contributed by atoms with Crippen LogP contribution in [0.3, 0.4) is 0 Å². The fourth-order valence-electron chi connectivity index (χ4n) is 3.29. The maximum absolute atomic E-state index is 14.4. The van der Waals surface area contributed by atoms with Crippen molar-refractivity contribution >= 4 is 5.97 Å². The number of carboxylic acid groups (broad SMARTS) is 1. The Labute approximate surface area is 161 Å². The van der Waals surface area contributed by atoms with Crippen LogP contribution in [0, 0.1) is 11.6 Å². The monoisotopic (exact) mass is 380 g/mol. The molecule has 0 amide bonds. The van der Waals surface area contributed by atoms with Crippen molar-refractivity contribution in [2.45, 2.75) is 25.4 Å². The fourth-order valence-corrected chi connectivity index (χ4v) is 3.29. The molecule has 1 saturated carbocycles. The molecule has 3 aromatic rings. The van der Waals surface area contributed by atoms with Gasteiger partial charge in [-0.15, -0.1) is 0 Å². The lowest BCUT2D eigenvalue weighted by molar-refractivity contribution is 0.0691. The van der Waals surface area contributed by atoms with Crippen LogP contribution in [0.2, 0.25) is 0 Å². The number of carboxylic acids is 1. The van der Waals surface area contributed by atoms with Gasteiger partial charge >= 0.3 is 5.97 Å². The second kappa shape index (κ2) is 7.43. The predicted octanol–water partition coefficient (Wildman–Crippen LogP) is 5.79. The van der Waals surface area contributed by atoms with Crippen molar-refractivity contribution in [2.75, 3.05) is 0 Å². The molecular weight excluding hydrogens is 362 g/mol. The van der Waals surface area contributed by atoms with Crippen molar-refractivity contribution in [3.8, 4) is 16.9 Å². The standard InChI is InChI=1S/C23H18F2O3/c24-16-8-9-17(21(25)10-16)19-12-22(28-13-14-4-2-1-3-5-14)20(23(26)27)11-18(19)15-6-7-15/h1-5,8-12,15H,6-7,13H2,(H,26,27). The Bertz CT molecular complexity index is 1030. The molecule has 0 bridgehead atoms. The molecule has 28 heavy (non-hydrogen) atoms. The lowest BCUT2D eigenvalue weighted by Crippen LogP contribution is -2.06. The molecular formula is C23H18F2O3. The van der Waals surface area contributed by atoms with Gasteiger partial charge in [-0.3, -0.25) is 0 Å². The molecule has 5 heteroatoms. The van der Waals surface area contributed by atoms with Crippen molar-refractivity contribution in [1.82, 2.24) is 0 Å². The molecule has 0 aromatic heterocycles. The van der Waals surface area contributed by atoms with Crippen LogP contribution in [0.15, 0.2) is 60.7 Å². The first-order valence-electron chi connectivity index (χ1n) is 9.06. The van der Waals surface area contributed by atoms with E-state index in [0.717, 1.165) is 30.0 Å². The molecule has 0 aliphatic heterocycles. The van der Waals surface area contributed by atoms with Crippen molar-refractivity contribution in [1.29, 1.82) is 0 Å². The summed E-state index contributed by atoms with van der Waals surface area (Å²) in [4.78, 5) is 11.8. The Kier molecular flexibility index (Phi) is 4.82. The highest BCUT2D eigenvalue weighted by Crippen LogP contribution is 2.47. The molecule has 1 aliphatic carbocycles. The Morgan fingerprint density at radius 2 is 1.75 bits per heavy atom. The Hall–Kier alpha value is -3.21. The largest absolute Gasteiger partial charge is 0.488 e. The van der Waals surface area contributed by atoms with Crippen molar-refractivity contribution in [3.05, 3.63) is 89.0 Å². The van der Waals surface area contributed by atoms with Gasteiger partial charge in [0.2, 0.25) is 0 Å². The van der Waals surface area contributed by atoms with E-state index in [9.17, 15) is 18.7 Å². The normalized spacial score (nSPS) is 13.4. The molecule has 1 aliphatic rings. The summed E-state index contributed by atoms with van der Waals surface area (Å²) >= 11 is 0. The third-order valence-electron chi connectivity index (χ3n) is 4.86. The molecule has 1 fully saturated rings. The fraction of sp³-hybridized carbons (Fsp3) is 0.174. The maximum atomic E-state index is 14.4. The quantitative estimate of drug-likeness (QED) is 0.589. The average Bonchev–Trinajstić information content (AvgIpc) is 3.52. The zero-order valence-electron chi connectivity index (χ0n) is 15.0. The third kappa shape index (κ3) is 3.74. The van der Waals surface area contributed by atoms with Gasteiger partial charge in [0.25, 0.3) is 0 Å². The summed E-state index contributed by atoms with van der Waals surface area (Å²) in [5.41, 5.74) is 2.48. The van der Waals surface area contributed by atoms with Crippen molar-refractivity contribution < 1.29 is 23.4 Å². The van der Waals surface area contributed by atoms with E-state index in [-0.39, 0.29) is 29.4 Å². The van der Waals surface area contributed by atoms with Crippen LogP contribution in [0.25, 0.3) is 11.1 Å². The highest BCUT2D eigenvalue weighted by atomic mass is 19.1. The van der Waals surface area contributed by atoms with E-state index in [1.165, 1.54) is 12.1 Å². The molecule has 3 aromatic carbocycles. The van der Waals surface area contributed by atoms with Crippen molar-refractivity contribution in [2.24, 2.45) is 0 Å². The number of benzene rings is 3. The van der Waals surface area contributed by atoms with Gasteiger partial charge in [0.1, 0.15) is 29.6 Å². The number of aromatic carboxylic acids is 1. The molecule has 0 radical (unpaired) electrons. The minimum Gasteiger partial charge on any atom is -0.488 e. The van der Waals surface area contributed by atoms with Gasteiger partial charge in [-0.1, -0.05) is 30.3 Å². The Balaban J connectivity index is 1.79. The Morgan fingerprint density at radius 1 is 1.00 bits per heavy atom. The van der Waals surface area contributed by atoms with E-state index < -0.39 is 17.6 Å². The van der Waals surface area contributed by atoms with Gasteiger partial charge in [0.05, 0.1) is 0 Å². The van der Waals surface area contributed by atoms with E-state index in [1.54, 1.807) is 12.1 Å². The molecule has 142 valence electrons. The van der Waals surface area contributed by atoms with Crippen LogP contribution in [0.5, 0.6) is 5.75 Å². The number of hydrogen-bond donors (Lipinski definition) is 1. The first-order chi connectivity index (χ1) is 13.5. The van der Waals surface area contributed by atoms with Gasteiger partial charge in [0.15, 0.2) is 0 Å². The molecule has 3 nitrogen and oxygen atoms in total. The zero-order chi connectivity index (χ0) is 19.7. The van der Waals surface area contributed by atoms with Gasteiger partial charge in [0, 0.05) is 11.6 Å². The smallest absolute Gasteiger partial charge is 0.339 e. The predicted molar refractivity (Wildman–Crippen MR) is 102 cm³/mol. The van der Waals surface area contributed by atoms with Gasteiger partial charge in [-0.2, -0.15) is 0 Å². The number of ether oxygens (including phenoxy) is 1. The van der Waals surface area contributed by atoms with E-state index >= 15 is 0 Å². The number of carbonyl (C=O) groups is 1. The SMILES string of the molecule is O=C(O)c1cc(C2CC2)c(-c2ccc(F)cc2F)cc1OCc1ccccc1. The second-order valence-corrected chi connectivity index (χ2v) is 6.91. The summed E-state index contributed by atoms with van der Waals surface area (Å²) in [5, 5.41) is 9.64. The summed E-state index contributed by atoms with van der Waals surface area (Å²) in [5.74, 6) is -2.09. The van der Waals surface area contributed by atoms with Crippen LogP contribution in [-0.4, -0.2) is 11.1 Å². The van der Waals surface area contributed by atoms with E-state index in [4.69, 9.17) is 4.74 Å². The van der Waals surface area contributed by atoms with Crippen molar-refractivity contribution in [3.63, 3.8) is 0 Å². The molecule has 4 rings (SSSR count). The van der Waals surface area contributed by atoms with Gasteiger partial charge < -0.3 is 9.84 Å². The van der Waals surface area contributed by atoms with E-state index in [2.05, 4.69) is 0 Å². The number of hydrogen-bond acceptors (Lipinski definition) is 2. The number of rotatable bonds is 6. The van der Waals surface area contributed by atoms with Crippen LogP contribution >= 0.6 is 0 Å². The summed E-state index contributed by atoms with van der Waals surface area (Å²) in [6.07, 6.45) is 1.83. The summed E-state index contributed by atoms with van der Waals surface area (Å²) in [7, 11) is 0. The van der Waals surface area contributed by atoms with E-state index in [0.29, 0.717) is 5.56 Å². The topological polar surface area (TPSA) is 46.5 Å². The maximum Gasteiger partial charge on any atom is 0.339 e. The first kappa shape index (κ1) is 18.2. The first-order valence-corrected chi connectivity index (χ1v) is 9.06. The van der Waals surface area contributed by atoms with Gasteiger partial charge in [-0.05, 0) is 59.7 Å². The minimum atomic E-state index is -1.10. The minimum absolute atomic E-state index is 0.0455. The van der Waals surface area contributed by atoms with E-state index in [1.807, 2.05) is 30.3 Å². The lowest BCUT2D eigenvalue weighted by atomic mass is 9.93. The summed E-state index contributed by atoms with van der Waals surface area (Å²) < 4.78 is 33.6. The molecule has 0 atom stereocenters. The number of halogens is 2. The summed E-state index contributed by atoms with van der Waals surface area (Å²) in [6.45, 7) is 0.190. The molecule has 0 spiro atoms. The molecule has 1 N–H and O–H groups in total. The lowest BCUT2D eigenvalue weighted by Gasteiger charge is -2.16. The van der Waals surface area contributed by atoms with Crippen LogP contribution in [0.1, 0.15) is 40.2 Å². The molecule has 0 saturated heterocycles. The van der Waals surface area contributed by atoms with Gasteiger partial charge in [-0.25, -0.2) is 13.6 Å². The highest BCUT2D eigenvalue weighted by molar-refractivity contribution is 5.93. The third-order valence-corrected chi connectivity index (χ3v) is 4.86. The average molecular weight is 380 g/mol. The van der Waals surface area contributed by atoms with Crippen LogP contribution in [0.4, 0.5) is 8.78 Å².